The minimum absolute atomic E-state index is 0.155. The Balaban J connectivity index is 1.68. The van der Waals surface area contributed by atoms with Crippen molar-refractivity contribution in [3.63, 3.8) is 0 Å². The van der Waals surface area contributed by atoms with E-state index in [0.29, 0.717) is 34.9 Å². The lowest BCUT2D eigenvalue weighted by Crippen LogP contribution is -2.12. The van der Waals surface area contributed by atoms with E-state index in [1.165, 1.54) is 41.1 Å². The highest BCUT2D eigenvalue weighted by atomic mass is 19.1. The molecule has 6 nitrogen and oxygen atoms in total. The zero-order valence-electron chi connectivity index (χ0n) is 16.5. The van der Waals surface area contributed by atoms with Crippen LogP contribution >= 0.6 is 0 Å². The Hall–Kier alpha value is -4.07. The summed E-state index contributed by atoms with van der Waals surface area (Å²) in [6.07, 6.45) is 0. The molecular weight excluding hydrogens is 402 g/mol. The fourth-order valence-corrected chi connectivity index (χ4v) is 3.00. The van der Waals surface area contributed by atoms with Crippen molar-refractivity contribution >= 4 is 11.6 Å². The maximum atomic E-state index is 13.8. The van der Waals surface area contributed by atoms with Gasteiger partial charge in [-0.1, -0.05) is 18.2 Å². The summed E-state index contributed by atoms with van der Waals surface area (Å²) in [6, 6.07) is 18.4. The van der Waals surface area contributed by atoms with Crippen molar-refractivity contribution in [1.82, 2.24) is 14.8 Å². The molecule has 0 atom stereocenters. The maximum Gasteiger partial charge on any atom is 0.336 e. The molecule has 8 heteroatoms. The third-order valence-corrected chi connectivity index (χ3v) is 4.40. The molecule has 31 heavy (non-hydrogen) atoms. The normalized spacial score (nSPS) is 10.7. The molecular formula is C23H18F2N4O2. The number of nitrogens with zero attached hydrogens (tertiary/aromatic N) is 3. The fraction of sp³-hybridized carbons (Fsp3) is 0.0870. The third kappa shape index (κ3) is 4.58. The molecule has 4 aromatic rings. The van der Waals surface area contributed by atoms with Crippen molar-refractivity contribution in [2.45, 2.75) is 6.92 Å². The van der Waals surface area contributed by atoms with E-state index < -0.39 is 11.6 Å². The van der Waals surface area contributed by atoms with Crippen LogP contribution in [0, 0.1) is 11.6 Å². The molecule has 1 amide bonds. The Labute approximate surface area is 177 Å². The number of aromatic nitrogens is 3. The maximum absolute atomic E-state index is 13.8. The summed E-state index contributed by atoms with van der Waals surface area (Å²) < 4.78 is 33.8. The fourth-order valence-electron chi connectivity index (χ4n) is 3.00. The lowest BCUT2D eigenvalue weighted by Gasteiger charge is -2.09. The number of rotatable bonds is 6. The predicted molar refractivity (Wildman–Crippen MR) is 112 cm³/mol. The summed E-state index contributed by atoms with van der Waals surface area (Å²) in [5.74, 6) is -0.800. The third-order valence-electron chi connectivity index (χ3n) is 4.40. The molecule has 0 spiro atoms. The van der Waals surface area contributed by atoms with Gasteiger partial charge in [-0.25, -0.2) is 13.5 Å². The molecule has 0 radical (unpaired) electrons. The predicted octanol–water partition coefficient (Wildman–Crippen LogP) is 4.86. The van der Waals surface area contributed by atoms with Gasteiger partial charge >= 0.3 is 6.01 Å². The van der Waals surface area contributed by atoms with Crippen molar-refractivity contribution in [1.29, 1.82) is 0 Å². The smallest absolute Gasteiger partial charge is 0.336 e. The number of halogens is 2. The molecule has 156 valence electrons. The first-order chi connectivity index (χ1) is 15.0. The molecule has 4 rings (SSSR count). The van der Waals surface area contributed by atoms with E-state index >= 15 is 0 Å². The van der Waals surface area contributed by atoms with Crippen LogP contribution in [0.25, 0.3) is 17.1 Å². The molecule has 0 fully saturated rings. The first-order valence-corrected chi connectivity index (χ1v) is 9.56. The van der Waals surface area contributed by atoms with Crippen LogP contribution < -0.4 is 10.1 Å². The number of hydrogen-bond donors (Lipinski definition) is 1. The van der Waals surface area contributed by atoms with Gasteiger partial charge < -0.3 is 10.1 Å². The van der Waals surface area contributed by atoms with Crippen LogP contribution in [-0.4, -0.2) is 27.3 Å². The zero-order chi connectivity index (χ0) is 21.8. The van der Waals surface area contributed by atoms with Crippen LogP contribution in [0.15, 0.2) is 72.8 Å². The first kappa shape index (κ1) is 20.2. The molecule has 1 aromatic heterocycles. The lowest BCUT2D eigenvalue weighted by atomic mass is 10.2. The molecule has 0 aliphatic heterocycles. The number of carbonyl (C=O) groups is 1. The van der Waals surface area contributed by atoms with E-state index in [1.807, 2.05) is 6.92 Å². The Morgan fingerprint density at radius 2 is 1.77 bits per heavy atom. The molecule has 0 unspecified atom stereocenters. The molecule has 0 bridgehead atoms. The molecule has 0 saturated heterocycles. The van der Waals surface area contributed by atoms with E-state index in [-0.39, 0.29) is 11.9 Å². The quantitative estimate of drug-likeness (QED) is 0.484. The highest BCUT2D eigenvalue weighted by Gasteiger charge is 2.16. The number of amides is 1. The summed E-state index contributed by atoms with van der Waals surface area (Å²) >= 11 is 0. The van der Waals surface area contributed by atoms with Gasteiger partial charge in [-0.05, 0) is 61.5 Å². The summed E-state index contributed by atoms with van der Waals surface area (Å²) in [4.78, 5) is 16.8. The number of nitrogens with one attached hydrogen (secondary N) is 1. The van der Waals surface area contributed by atoms with E-state index in [1.54, 1.807) is 36.4 Å². The van der Waals surface area contributed by atoms with Crippen molar-refractivity contribution in [3.05, 3.63) is 90.0 Å². The number of benzene rings is 3. The van der Waals surface area contributed by atoms with Crippen LogP contribution in [0.4, 0.5) is 14.5 Å². The topological polar surface area (TPSA) is 69.0 Å². The van der Waals surface area contributed by atoms with Gasteiger partial charge in [0.1, 0.15) is 11.6 Å². The summed E-state index contributed by atoms with van der Waals surface area (Å²) in [5.41, 5.74) is 1.95. The van der Waals surface area contributed by atoms with Crippen LogP contribution in [0.5, 0.6) is 6.01 Å². The van der Waals surface area contributed by atoms with Gasteiger partial charge in [0.2, 0.25) is 0 Å². The van der Waals surface area contributed by atoms with Gasteiger partial charge in [0, 0.05) is 16.8 Å². The van der Waals surface area contributed by atoms with E-state index in [4.69, 9.17) is 4.74 Å². The summed E-state index contributed by atoms with van der Waals surface area (Å²) in [6.45, 7) is 2.19. The Morgan fingerprint density at radius 3 is 2.52 bits per heavy atom. The Morgan fingerprint density at radius 1 is 1.00 bits per heavy atom. The number of carbonyl (C=O) groups excluding carboxylic acids is 1. The van der Waals surface area contributed by atoms with Crippen LogP contribution in [0.3, 0.4) is 0 Å². The number of hydrogen-bond acceptors (Lipinski definition) is 4. The average molecular weight is 420 g/mol. The second-order valence-electron chi connectivity index (χ2n) is 6.58. The minimum atomic E-state index is -0.417. The standard InChI is InChI=1S/C23H18F2N4O2/c1-2-31-23-27-21(16-5-3-6-18(25)13-16)29(28-23)20-8-4-7-19(14-20)26-22(30)15-9-11-17(24)12-10-15/h3-14H,2H2,1H3,(H,26,30). The summed E-state index contributed by atoms with van der Waals surface area (Å²) in [5, 5.41) is 7.14. The Kier molecular flexibility index (Phi) is 5.70. The monoisotopic (exact) mass is 420 g/mol. The van der Waals surface area contributed by atoms with Crippen LogP contribution in [-0.2, 0) is 0 Å². The lowest BCUT2D eigenvalue weighted by molar-refractivity contribution is 0.102. The van der Waals surface area contributed by atoms with Gasteiger partial charge in [-0.3, -0.25) is 4.79 Å². The molecule has 1 N–H and O–H groups in total. The largest absolute Gasteiger partial charge is 0.463 e. The molecule has 3 aromatic carbocycles. The van der Waals surface area contributed by atoms with Crippen LogP contribution in [0.2, 0.25) is 0 Å². The highest BCUT2D eigenvalue weighted by Crippen LogP contribution is 2.25. The molecule has 0 aliphatic rings. The molecule has 0 aliphatic carbocycles. The highest BCUT2D eigenvalue weighted by molar-refractivity contribution is 6.04. The van der Waals surface area contributed by atoms with Crippen LogP contribution in [0.1, 0.15) is 17.3 Å². The van der Waals surface area contributed by atoms with Gasteiger partial charge in [0.15, 0.2) is 5.82 Å². The van der Waals surface area contributed by atoms with E-state index in [2.05, 4.69) is 15.4 Å². The second kappa shape index (κ2) is 8.74. The van der Waals surface area contributed by atoms with Gasteiger partial charge in [0.05, 0.1) is 12.3 Å². The van der Waals surface area contributed by atoms with Gasteiger partial charge in [-0.15, -0.1) is 5.10 Å². The summed E-state index contributed by atoms with van der Waals surface area (Å²) in [7, 11) is 0. The number of ether oxygens (including phenoxy) is 1. The van der Waals surface area contributed by atoms with Crippen molar-refractivity contribution in [3.8, 4) is 23.1 Å². The van der Waals surface area contributed by atoms with Gasteiger partial charge in [-0.2, -0.15) is 4.98 Å². The minimum Gasteiger partial charge on any atom is -0.463 e. The van der Waals surface area contributed by atoms with Gasteiger partial charge in [0.25, 0.3) is 5.91 Å². The molecule has 0 saturated carbocycles. The SMILES string of the molecule is CCOc1nc(-c2cccc(F)c2)n(-c2cccc(NC(=O)c3ccc(F)cc3)c2)n1. The van der Waals surface area contributed by atoms with E-state index in [0.717, 1.165) is 0 Å². The average Bonchev–Trinajstić information content (AvgIpc) is 3.19. The van der Waals surface area contributed by atoms with E-state index in [9.17, 15) is 13.6 Å². The van der Waals surface area contributed by atoms with Crippen molar-refractivity contribution < 1.29 is 18.3 Å². The Bertz CT molecular complexity index is 1220. The van der Waals surface area contributed by atoms with Crippen molar-refractivity contribution in [2.24, 2.45) is 0 Å². The number of anilines is 1. The van der Waals surface area contributed by atoms with Crippen molar-refractivity contribution in [2.75, 3.05) is 11.9 Å². The second-order valence-corrected chi connectivity index (χ2v) is 6.58. The zero-order valence-corrected chi connectivity index (χ0v) is 16.5. The molecule has 1 heterocycles. The first-order valence-electron chi connectivity index (χ1n) is 9.56.